The molecule has 0 heterocycles. The Morgan fingerprint density at radius 3 is 2.14 bits per heavy atom. The summed E-state index contributed by atoms with van der Waals surface area (Å²) in [6.07, 6.45) is 3.94. The van der Waals surface area contributed by atoms with Crippen LogP contribution in [0.15, 0.2) is 0 Å². The molecule has 1 heteroatoms. The van der Waals surface area contributed by atoms with Crippen LogP contribution in [-0.2, 0) is 0 Å². The van der Waals surface area contributed by atoms with Crippen LogP contribution < -0.4 is 5.32 Å². The molecule has 0 amide bonds. The number of nitrogens with one attached hydrogen (secondary N) is 1. The van der Waals surface area contributed by atoms with Gasteiger partial charge in [-0.15, -0.1) is 0 Å². The van der Waals surface area contributed by atoms with Crippen molar-refractivity contribution in [3.05, 3.63) is 0 Å². The van der Waals surface area contributed by atoms with Gasteiger partial charge in [0.05, 0.1) is 0 Å². The molecule has 0 rings (SSSR count). The molecular weight excluding hydrogens is 170 g/mol. The van der Waals surface area contributed by atoms with Crippen LogP contribution in [-0.4, -0.2) is 13.1 Å². The third kappa shape index (κ3) is 6.42. The van der Waals surface area contributed by atoms with E-state index in [4.69, 9.17) is 0 Å². The van der Waals surface area contributed by atoms with E-state index >= 15 is 0 Å². The van der Waals surface area contributed by atoms with E-state index in [9.17, 15) is 0 Å². The lowest BCUT2D eigenvalue weighted by atomic mass is 9.86. The van der Waals surface area contributed by atoms with Gasteiger partial charge in [-0.2, -0.15) is 0 Å². The van der Waals surface area contributed by atoms with Crippen molar-refractivity contribution >= 4 is 0 Å². The minimum Gasteiger partial charge on any atom is -0.316 e. The first kappa shape index (κ1) is 14.0. The van der Waals surface area contributed by atoms with Gasteiger partial charge in [-0.05, 0) is 43.7 Å². The summed E-state index contributed by atoms with van der Waals surface area (Å²) in [5.74, 6) is 2.55. The van der Waals surface area contributed by atoms with Crippen molar-refractivity contribution in [3.63, 3.8) is 0 Å². The zero-order chi connectivity index (χ0) is 11.0. The highest BCUT2D eigenvalue weighted by molar-refractivity contribution is 4.68. The Balaban J connectivity index is 3.77. The van der Waals surface area contributed by atoms with Gasteiger partial charge in [-0.1, -0.05) is 41.0 Å². The van der Waals surface area contributed by atoms with Crippen molar-refractivity contribution in [2.24, 2.45) is 17.8 Å². The average Bonchev–Trinajstić information content (AvgIpc) is 2.16. The zero-order valence-corrected chi connectivity index (χ0v) is 10.8. The largest absolute Gasteiger partial charge is 0.316 e. The molecule has 0 aliphatic rings. The predicted octanol–water partition coefficient (Wildman–Crippen LogP) is 3.69. The van der Waals surface area contributed by atoms with Crippen molar-refractivity contribution in [1.29, 1.82) is 0 Å². The van der Waals surface area contributed by atoms with Crippen LogP contribution in [0.4, 0.5) is 0 Å². The summed E-state index contributed by atoms with van der Waals surface area (Å²) >= 11 is 0. The van der Waals surface area contributed by atoms with Gasteiger partial charge in [0.1, 0.15) is 0 Å². The maximum atomic E-state index is 3.55. The summed E-state index contributed by atoms with van der Waals surface area (Å²) < 4.78 is 0. The van der Waals surface area contributed by atoms with Crippen molar-refractivity contribution < 1.29 is 0 Å². The van der Waals surface area contributed by atoms with E-state index in [0.29, 0.717) is 0 Å². The smallest absolute Gasteiger partial charge is 0.00180 e. The first-order valence-corrected chi connectivity index (χ1v) is 6.32. The molecule has 0 aromatic heterocycles. The first-order valence-electron chi connectivity index (χ1n) is 6.32. The molecule has 1 N–H and O–H groups in total. The van der Waals surface area contributed by atoms with E-state index in [1.54, 1.807) is 0 Å². The van der Waals surface area contributed by atoms with Gasteiger partial charge in [0.25, 0.3) is 0 Å². The molecule has 0 aliphatic carbocycles. The van der Waals surface area contributed by atoms with Crippen LogP contribution in [0.5, 0.6) is 0 Å². The lowest BCUT2D eigenvalue weighted by molar-refractivity contribution is 0.291. The maximum Gasteiger partial charge on any atom is -0.00180 e. The van der Waals surface area contributed by atoms with Crippen LogP contribution in [0.3, 0.4) is 0 Å². The Morgan fingerprint density at radius 1 is 1.07 bits per heavy atom. The van der Waals surface area contributed by atoms with E-state index in [2.05, 4.69) is 39.9 Å². The molecule has 86 valence electrons. The summed E-state index contributed by atoms with van der Waals surface area (Å²) in [7, 11) is 0. The van der Waals surface area contributed by atoms with E-state index in [1.165, 1.54) is 32.4 Å². The second-order valence-electron chi connectivity index (χ2n) is 4.96. The highest BCUT2D eigenvalue weighted by Crippen LogP contribution is 2.21. The molecule has 1 nitrogen and oxygen atoms in total. The lowest BCUT2D eigenvalue weighted by Crippen LogP contribution is -2.28. The topological polar surface area (TPSA) is 12.0 Å². The summed E-state index contributed by atoms with van der Waals surface area (Å²) in [5, 5.41) is 3.55. The molecule has 0 saturated heterocycles. The van der Waals surface area contributed by atoms with Crippen molar-refractivity contribution in [2.75, 3.05) is 13.1 Å². The molecule has 0 bridgehead atoms. The average molecular weight is 199 g/mol. The second-order valence-corrected chi connectivity index (χ2v) is 4.96. The SMILES string of the molecule is CCCNCC(CC(C)CC)C(C)C. The quantitative estimate of drug-likeness (QED) is 0.588. The maximum absolute atomic E-state index is 3.55. The molecule has 0 saturated carbocycles. The van der Waals surface area contributed by atoms with Crippen LogP contribution in [0.25, 0.3) is 0 Å². The fourth-order valence-corrected chi connectivity index (χ4v) is 1.74. The third-order valence-electron chi connectivity index (χ3n) is 3.18. The monoisotopic (exact) mass is 199 g/mol. The summed E-state index contributed by atoms with van der Waals surface area (Å²) in [6, 6.07) is 0. The fourth-order valence-electron chi connectivity index (χ4n) is 1.74. The van der Waals surface area contributed by atoms with Gasteiger partial charge >= 0.3 is 0 Å². The van der Waals surface area contributed by atoms with Crippen LogP contribution in [0.1, 0.15) is 53.9 Å². The molecule has 0 aliphatic heterocycles. The van der Waals surface area contributed by atoms with Gasteiger partial charge in [0.15, 0.2) is 0 Å². The summed E-state index contributed by atoms with van der Waals surface area (Å²) in [5.41, 5.74) is 0. The Morgan fingerprint density at radius 2 is 1.71 bits per heavy atom. The molecule has 2 unspecified atom stereocenters. The molecule has 2 atom stereocenters. The van der Waals surface area contributed by atoms with E-state index in [0.717, 1.165) is 17.8 Å². The third-order valence-corrected chi connectivity index (χ3v) is 3.18. The molecule has 14 heavy (non-hydrogen) atoms. The molecule has 0 fully saturated rings. The Labute approximate surface area is 90.7 Å². The van der Waals surface area contributed by atoms with Crippen molar-refractivity contribution in [3.8, 4) is 0 Å². The fraction of sp³-hybridized carbons (Fsp3) is 1.00. The lowest BCUT2D eigenvalue weighted by Gasteiger charge is -2.24. The standard InChI is InChI=1S/C13H29N/c1-6-8-14-10-13(11(3)4)9-12(5)7-2/h11-14H,6-10H2,1-5H3. The summed E-state index contributed by atoms with van der Waals surface area (Å²) in [4.78, 5) is 0. The van der Waals surface area contributed by atoms with Gasteiger partial charge in [0.2, 0.25) is 0 Å². The summed E-state index contributed by atoms with van der Waals surface area (Å²) in [6.45, 7) is 14.0. The van der Waals surface area contributed by atoms with Crippen molar-refractivity contribution in [2.45, 2.75) is 53.9 Å². The predicted molar refractivity (Wildman–Crippen MR) is 65.6 cm³/mol. The van der Waals surface area contributed by atoms with Crippen molar-refractivity contribution in [1.82, 2.24) is 5.32 Å². The van der Waals surface area contributed by atoms with Gasteiger partial charge in [0, 0.05) is 0 Å². The minimum atomic E-state index is 0.813. The first-order chi connectivity index (χ1) is 6.61. The van der Waals surface area contributed by atoms with Gasteiger partial charge < -0.3 is 5.32 Å². The molecular formula is C13H29N. The zero-order valence-electron chi connectivity index (χ0n) is 10.8. The van der Waals surface area contributed by atoms with Crippen LogP contribution in [0, 0.1) is 17.8 Å². The molecule has 0 aromatic carbocycles. The van der Waals surface area contributed by atoms with Crippen LogP contribution in [0.2, 0.25) is 0 Å². The number of hydrogen-bond donors (Lipinski definition) is 1. The highest BCUT2D eigenvalue weighted by Gasteiger charge is 2.15. The highest BCUT2D eigenvalue weighted by atomic mass is 14.9. The van der Waals surface area contributed by atoms with E-state index in [1.807, 2.05) is 0 Å². The molecule has 0 aromatic rings. The van der Waals surface area contributed by atoms with E-state index in [-0.39, 0.29) is 0 Å². The minimum absolute atomic E-state index is 0.813. The van der Waals surface area contributed by atoms with Gasteiger partial charge in [-0.25, -0.2) is 0 Å². The Bertz CT molecular complexity index is 120. The Hall–Kier alpha value is -0.0400. The second kappa shape index (κ2) is 8.28. The van der Waals surface area contributed by atoms with Crippen LogP contribution >= 0.6 is 0 Å². The normalized spacial score (nSPS) is 15.9. The van der Waals surface area contributed by atoms with E-state index < -0.39 is 0 Å². The van der Waals surface area contributed by atoms with Gasteiger partial charge in [-0.3, -0.25) is 0 Å². The number of hydrogen-bond acceptors (Lipinski definition) is 1. The molecule has 0 radical (unpaired) electrons. The number of rotatable bonds is 8. The Kier molecular flexibility index (Phi) is 8.26. The molecule has 0 spiro atoms.